The molecular formula is C16H14O4. The normalized spacial score (nSPS) is 9.90. The second-order valence-corrected chi connectivity index (χ2v) is 4.18. The van der Waals surface area contributed by atoms with E-state index in [0.29, 0.717) is 22.6 Å². The van der Waals surface area contributed by atoms with Gasteiger partial charge < -0.3 is 9.47 Å². The van der Waals surface area contributed by atoms with Crippen LogP contribution in [0.4, 0.5) is 0 Å². The highest BCUT2D eigenvalue weighted by Crippen LogP contribution is 2.17. The molecule has 20 heavy (non-hydrogen) atoms. The average molecular weight is 270 g/mol. The van der Waals surface area contributed by atoms with Gasteiger partial charge >= 0.3 is 5.97 Å². The van der Waals surface area contributed by atoms with Crippen LogP contribution in [0.15, 0.2) is 48.5 Å². The number of ketones is 1. The van der Waals surface area contributed by atoms with Crippen LogP contribution >= 0.6 is 0 Å². The van der Waals surface area contributed by atoms with E-state index in [1.54, 1.807) is 55.6 Å². The van der Waals surface area contributed by atoms with Crippen molar-refractivity contribution >= 4 is 11.8 Å². The second kappa shape index (κ2) is 6.02. The van der Waals surface area contributed by atoms with Gasteiger partial charge in [0.05, 0.1) is 7.11 Å². The molecule has 0 saturated carbocycles. The molecule has 0 amide bonds. The fourth-order valence-electron chi connectivity index (χ4n) is 1.75. The van der Waals surface area contributed by atoms with Crippen molar-refractivity contribution in [1.29, 1.82) is 0 Å². The molecule has 0 bridgehead atoms. The number of hydrogen-bond acceptors (Lipinski definition) is 4. The van der Waals surface area contributed by atoms with E-state index in [0.717, 1.165) is 0 Å². The van der Waals surface area contributed by atoms with Crippen LogP contribution in [0.2, 0.25) is 0 Å². The zero-order chi connectivity index (χ0) is 14.5. The monoisotopic (exact) mass is 270 g/mol. The molecule has 0 spiro atoms. The summed E-state index contributed by atoms with van der Waals surface area (Å²) < 4.78 is 9.97. The van der Waals surface area contributed by atoms with Gasteiger partial charge in [-0.3, -0.25) is 9.59 Å². The predicted octanol–water partition coefficient (Wildman–Crippen LogP) is 2.85. The summed E-state index contributed by atoms with van der Waals surface area (Å²) in [4.78, 5) is 23.0. The zero-order valence-electron chi connectivity index (χ0n) is 11.3. The molecule has 0 saturated heterocycles. The van der Waals surface area contributed by atoms with Crippen molar-refractivity contribution in [3.05, 3.63) is 59.7 Å². The van der Waals surface area contributed by atoms with Gasteiger partial charge in [0.2, 0.25) is 0 Å². The molecule has 4 heteroatoms. The van der Waals surface area contributed by atoms with E-state index >= 15 is 0 Å². The van der Waals surface area contributed by atoms with E-state index in [2.05, 4.69) is 0 Å². The summed E-state index contributed by atoms with van der Waals surface area (Å²) in [6.07, 6.45) is 0. The van der Waals surface area contributed by atoms with Crippen molar-refractivity contribution in [2.45, 2.75) is 6.92 Å². The third-order valence-corrected chi connectivity index (χ3v) is 2.73. The Bertz CT molecular complexity index is 612. The van der Waals surface area contributed by atoms with Gasteiger partial charge in [-0.2, -0.15) is 0 Å². The first-order valence-electron chi connectivity index (χ1n) is 6.07. The summed E-state index contributed by atoms with van der Waals surface area (Å²) in [5, 5.41) is 0. The summed E-state index contributed by atoms with van der Waals surface area (Å²) in [5.41, 5.74) is 1.11. The Morgan fingerprint density at radius 2 is 1.25 bits per heavy atom. The number of benzene rings is 2. The summed E-state index contributed by atoms with van der Waals surface area (Å²) in [7, 11) is 1.57. The molecule has 0 fully saturated rings. The van der Waals surface area contributed by atoms with Crippen molar-refractivity contribution in [3.63, 3.8) is 0 Å². The third kappa shape index (κ3) is 3.23. The predicted molar refractivity (Wildman–Crippen MR) is 74.2 cm³/mol. The Labute approximate surface area is 116 Å². The molecule has 0 radical (unpaired) electrons. The highest BCUT2D eigenvalue weighted by Gasteiger charge is 2.09. The number of carbonyl (C=O) groups excluding carboxylic acids is 2. The molecule has 2 aromatic rings. The molecule has 0 aliphatic heterocycles. The molecule has 0 aliphatic carbocycles. The average Bonchev–Trinajstić information content (AvgIpc) is 2.47. The molecule has 102 valence electrons. The SMILES string of the molecule is COc1ccc(C(=O)c2ccc(OC(C)=O)cc2)cc1. The Kier molecular flexibility index (Phi) is 4.15. The van der Waals surface area contributed by atoms with Crippen LogP contribution in [0, 0.1) is 0 Å². The molecule has 2 aromatic carbocycles. The Hall–Kier alpha value is -2.62. The first-order chi connectivity index (χ1) is 9.60. The van der Waals surface area contributed by atoms with Gasteiger partial charge in [-0.25, -0.2) is 0 Å². The summed E-state index contributed by atoms with van der Waals surface area (Å²) in [6.45, 7) is 1.33. The van der Waals surface area contributed by atoms with Gasteiger partial charge in [0.1, 0.15) is 11.5 Å². The van der Waals surface area contributed by atoms with Crippen molar-refractivity contribution in [1.82, 2.24) is 0 Å². The van der Waals surface area contributed by atoms with Gasteiger partial charge in [0, 0.05) is 18.1 Å². The molecule has 4 nitrogen and oxygen atoms in total. The quantitative estimate of drug-likeness (QED) is 0.487. The van der Waals surface area contributed by atoms with Crippen LogP contribution in [-0.2, 0) is 4.79 Å². The van der Waals surface area contributed by atoms with E-state index < -0.39 is 0 Å². The summed E-state index contributed by atoms with van der Waals surface area (Å²) >= 11 is 0. The molecule has 0 aromatic heterocycles. The van der Waals surface area contributed by atoms with Crippen LogP contribution in [0.25, 0.3) is 0 Å². The molecular weight excluding hydrogens is 256 g/mol. The Morgan fingerprint density at radius 3 is 1.65 bits per heavy atom. The van der Waals surface area contributed by atoms with E-state index in [9.17, 15) is 9.59 Å². The van der Waals surface area contributed by atoms with E-state index in [1.807, 2.05) is 0 Å². The highest BCUT2D eigenvalue weighted by atomic mass is 16.5. The van der Waals surface area contributed by atoms with Crippen LogP contribution in [0.3, 0.4) is 0 Å². The lowest BCUT2D eigenvalue weighted by atomic mass is 10.0. The van der Waals surface area contributed by atoms with E-state index in [1.165, 1.54) is 6.92 Å². The topological polar surface area (TPSA) is 52.6 Å². The maximum absolute atomic E-state index is 12.2. The zero-order valence-corrected chi connectivity index (χ0v) is 11.3. The standard InChI is InChI=1S/C16H14O4/c1-11(17)20-15-9-5-13(6-10-15)16(18)12-3-7-14(19-2)8-4-12/h3-10H,1-2H3. The van der Waals surface area contributed by atoms with Gasteiger partial charge in [-0.05, 0) is 48.5 Å². The Morgan fingerprint density at radius 1 is 0.800 bits per heavy atom. The maximum atomic E-state index is 12.2. The lowest BCUT2D eigenvalue weighted by molar-refractivity contribution is -0.131. The van der Waals surface area contributed by atoms with Crippen molar-refractivity contribution in [2.75, 3.05) is 7.11 Å². The molecule has 0 aliphatic rings. The fourth-order valence-corrected chi connectivity index (χ4v) is 1.75. The number of esters is 1. The number of carbonyl (C=O) groups is 2. The van der Waals surface area contributed by atoms with Crippen LogP contribution in [0.5, 0.6) is 11.5 Å². The highest BCUT2D eigenvalue weighted by molar-refractivity contribution is 6.09. The Balaban J connectivity index is 2.17. The van der Waals surface area contributed by atoms with Gasteiger partial charge in [0.25, 0.3) is 0 Å². The van der Waals surface area contributed by atoms with Crippen molar-refractivity contribution < 1.29 is 19.1 Å². The second-order valence-electron chi connectivity index (χ2n) is 4.18. The van der Waals surface area contributed by atoms with Crippen LogP contribution in [0.1, 0.15) is 22.8 Å². The summed E-state index contributed by atoms with van der Waals surface area (Å²) in [6, 6.07) is 13.3. The number of hydrogen-bond donors (Lipinski definition) is 0. The van der Waals surface area contributed by atoms with Crippen LogP contribution in [-0.4, -0.2) is 18.9 Å². The molecule has 0 heterocycles. The molecule has 0 N–H and O–H groups in total. The molecule has 2 rings (SSSR count). The minimum Gasteiger partial charge on any atom is -0.497 e. The third-order valence-electron chi connectivity index (χ3n) is 2.73. The smallest absolute Gasteiger partial charge is 0.308 e. The van der Waals surface area contributed by atoms with Crippen molar-refractivity contribution in [2.24, 2.45) is 0 Å². The van der Waals surface area contributed by atoms with E-state index in [4.69, 9.17) is 9.47 Å². The number of rotatable bonds is 4. The fraction of sp³-hybridized carbons (Fsp3) is 0.125. The van der Waals surface area contributed by atoms with Gasteiger partial charge in [0.15, 0.2) is 5.78 Å². The lowest BCUT2D eigenvalue weighted by Gasteiger charge is -2.05. The van der Waals surface area contributed by atoms with Gasteiger partial charge in [-0.1, -0.05) is 0 Å². The van der Waals surface area contributed by atoms with E-state index in [-0.39, 0.29) is 11.8 Å². The van der Waals surface area contributed by atoms with Gasteiger partial charge in [-0.15, -0.1) is 0 Å². The van der Waals surface area contributed by atoms with Crippen molar-refractivity contribution in [3.8, 4) is 11.5 Å². The van der Waals surface area contributed by atoms with Crippen LogP contribution < -0.4 is 9.47 Å². The first-order valence-corrected chi connectivity index (χ1v) is 6.07. The largest absolute Gasteiger partial charge is 0.497 e. The molecule has 0 atom stereocenters. The number of ether oxygens (including phenoxy) is 2. The summed E-state index contributed by atoms with van der Waals surface area (Å²) in [5.74, 6) is 0.636. The maximum Gasteiger partial charge on any atom is 0.308 e. The first kappa shape index (κ1) is 13.8. The number of methoxy groups -OCH3 is 1. The molecule has 0 unspecified atom stereocenters. The lowest BCUT2D eigenvalue weighted by Crippen LogP contribution is -2.03. The minimum atomic E-state index is -0.390. The minimum absolute atomic E-state index is 0.0953.